The summed E-state index contributed by atoms with van der Waals surface area (Å²) in [7, 11) is 0. The van der Waals surface area contributed by atoms with Crippen LogP contribution in [0.25, 0.3) is 0 Å². The fraction of sp³-hybridized carbons (Fsp3) is 0.150. The van der Waals surface area contributed by atoms with E-state index in [4.69, 9.17) is 11.6 Å². The quantitative estimate of drug-likeness (QED) is 0.480. The Morgan fingerprint density at radius 3 is 2.69 bits per heavy atom. The first kappa shape index (κ1) is 18.4. The maximum atomic E-state index is 12.7. The van der Waals surface area contributed by atoms with Crippen LogP contribution < -0.4 is 5.32 Å². The number of carbonyl (C=O) groups excluding carboxylic acids is 1. The van der Waals surface area contributed by atoms with E-state index in [-0.39, 0.29) is 5.91 Å². The third kappa shape index (κ3) is 4.62. The summed E-state index contributed by atoms with van der Waals surface area (Å²) in [5.41, 5.74) is 4.69. The van der Waals surface area contributed by atoms with E-state index in [1.54, 1.807) is 24.5 Å². The average Bonchev–Trinajstić information content (AvgIpc) is 2.63. The van der Waals surface area contributed by atoms with Crippen molar-refractivity contribution < 1.29 is 4.79 Å². The molecular weight excluding hydrogens is 366 g/mol. The SMILES string of the molecule is Cc1ccc(NC(=O)c2cccnc2SCc2ccnc(Cl)c2)cc1C. The van der Waals surface area contributed by atoms with Crippen molar-refractivity contribution in [1.29, 1.82) is 0 Å². The van der Waals surface area contributed by atoms with Gasteiger partial charge in [0.15, 0.2) is 0 Å². The van der Waals surface area contributed by atoms with Gasteiger partial charge in [-0.25, -0.2) is 9.97 Å². The van der Waals surface area contributed by atoms with Crippen LogP contribution in [0.4, 0.5) is 5.69 Å². The van der Waals surface area contributed by atoms with Crippen molar-refractivity contribution in [2.45, 2.75) is 24.6 Å². The number of carbonyl (C=O) groups is 1. The number of pyridine rings is 2. The van der Waals surface area contributed by atoms with Gasteiger partial charge in [-0.2, -0.15) is 0 Å². The number of aryl methyl sites for hydroxylation is 2. The third-order valence-electron chi connectivity index (χ3n) is 3.95. The van der Waals surface area contributed by atoms with Crippen LogP contribution in [0.5, 0.6) is 0 Å². The molecule has 3 aromatic rings. The maximum Gasteiger partial charge on any atom is 0.258 e. The molecule has 0 aliphatic heterocycles. The van der Waals surface area contributed by atoms with Gasteiger partial charge in [0.1, 0.15) is 10.2 Å². The Hall–Kier alpha value is -2.37. The van der Waals surface area contributed by atoms with E-state index >= 15 is 0 Å². The molecule has 2 heterocycles. The zero-order valence-corrected chi connectivity index (χ0v) is 16.1. The molecule has 1 aromatic carbocycles. The highest BCUT2D eigenvalue weighted by atomic mass is 35.5. The van der Waals surface area contributed by atoms with E-state index in [0.717, 1.165) is 16.8 Å². The van der Waals surface area contributed by atoms with Crippen LogP contribution in [0.15, 0.2) is 59.9 Å². The van der Waals surface area contributed by atoms with E-state index in [0.29, 0.717) is 21.5 Å². The number of hydrogen-bond acceptors (Lipinski definition) is 4. The van der Waals surface area contributed by atoms with E-state index in [2.05, 4.69) is 15.3 Å². The Balaban J connectivity index is 1.75. The van der Waals surface area contributed by atoms with Crippen molar-refractivity contribution >= 4 is 35.0 Å². The van der Waals surface area contributed by atoms with Gasteiger partial charge in [-0.1, -0.05) is 17.7 Å². The number of benzene rings is 1. The van der Waals surface area contributed by atoms with Gasteiger partial charge in [0.25, 0.3) is 5.91 Å². The van der Waals surface area contributed by atoms with Gasteiger partial charge in [0.2, 0.25) is 0 Å². The second-order valence-electron chi connectivity index (χ2n) is 5.88. The second-order valence-corrected chi connectivity index (χ2v) is 7.24. The first-order valence-electron chi connectivity index (χ1n) is 8.10. The van der Waals surface area contributed by atoms with Gasteiger partial charge in [0, 0.05) is 23.8 Å². The van der Waals surface area contributed by atoms with Crippen LogP contribution in [0, 0.1) is 13.8 Å². The maximum absolute atomic E-state index is 12.7. The highest BCUT2D eigenvalue weighted by Crippen LogP contribution is 2.26. The number of hydrogen-bond donors (Lipinski definition) is 1. The van der Waals surface area contributed by atoms with E-state index in [9.17, 15) is 4.79 Å². The zero-order chi connectivity index (χ0) is 18.5. The number of nitrogens with one attached hydrogen (secondary N) is 1. The number of amides is 1. The Morgan fingerprint density at radius 1 is 1.08 bits per heavy atom. The van der Waals surface area contributed by atoms with Crippen LogP contribution in [0.1, 0.15) is 27.0 Å². The summed E-state index contributed by atoms with van der Waals surface area (Å²) in [6, 6.07) is 13.1. The van der Waals surface area contributed by atoms with E-state index in [1.165, 1.54) is 17.3 Å². The number of halogens is 1. The molecule has 6 heteroatoms. The Morgan fingerprint density at radius 2 is 1.92 bits per heavy atom. The third-order valence-corrected chi connectivity index (χ3v) is 5.23. The predicted octanol–water partition coefficient (Wildman–Crippen LogP) is 5.29. The summed E-state index contributed by atoms with van der Waals surface area (Å²) in [5.74, 6) is 0.486. The summed E-state index contributed by atoms with van der Waals surface area (Å²) in [4.78, 5) is 21.0. The fourth-order valence-corrected chi connectivity index (χ4v) is 3.51. The molecule has 0 atom stereocenters. The lowest BCUT2D eigenvalue weighted by Crippen LogP contribution is -2.13. The molecule has 0 spiro atoms. The summed E-state index contributed by atoms with van der Waals surface area (Å²) in [6.45, 7) is 4.07. The van der Waals surface area contributed by atoms with Crippen LogP contribution in [-0.2, 0) is 5.75 Å². The van der Waals surface area contributed by atoms with Crippen LogP contribution in [0.2, 0.25) is 5.15 Å². The molecule has 1 amide bonds. The number of aromatic nitrogens is 2. The fourth-order valence-electron chi connectivity index (χ4n) is 2.38. The Bertz CT molecular complexity index is 946. The molecule has 0 radical (unpaired) electrons. The summed E-state index contributed by atoms with van der Waals surface area (Å²) < 4.78 is 0. The molecule has 1 N–H and O–H groups in total. The number of nitrogens with zero attached hydrogens (tertiary/aromatic N) is 2. The summed E-state index contributed by atoms with van der Waals surface area (Å²) in [5, 5.41) is 4.09. The topological polar surface area (TPSA) is 54.9 Å². The molecular formula is C20H18ClN3OS. The van der Waals surface area contributed by atoms with Gasteiger partial charge >= 0.3 is 0 Å². The molecule has 4 nitrogen and oxygen atoms in total. The van der Waals surface area contributed by atoms with Crippen molar-refractivity contribution in [2.24, 2.45) is 0 Å². The van der Waals surface area contributed by atoms with E-state index < -0.39 is 0 Å². The van der Waals surface area contributed by atoms with Gasteiger partial charge in [0.05, 0.1) is 5.56 Å². The van der Waals surface area contributed by atoms with E-state index in [1.807, 2.05) is 44.2 Å². The number of anilines is 1. The van der Waals surface area contributed by atoms with Crippen LogP contribution in [-0.4, -0.2) is 15.9 Å². The normalized spacial score (nSPS) is 10.6. The smallest absolute Gasteiger partial charge is 0.258 e. The molecule has 0 aliphatic rings. The number of thioether (sulfide) groups is 1. The van der Waals surface area contributed by atoms with Gasteiger partial charge < -0.3 is 5.32 Å². The first-order valence-corrected chi connectivity index (χ1v) is 9.46. The highest BCUT2D eigenvalue weighted by molar-refractivity contribution is 7.98. The monoisotopic (exact) mass is 383 g/mol. The molecule has 0 saturated carbocycles. The van der Waals surface area contributed by atoms with Crippen molar-refractivity contribution in [3.63, 3.8) is 0 Å². The zero-order valence-electron chi connectivity index (χ0n) is 14.5. The lowest BCUT2D eigenvalue weighted by atomic mass is 10.1. The summed E-state index contributed by atoms with van der Waals surface area (Å²) >= 11 is 7.42. The van der Waals surface area contributed by atoms with Crippen molar-refractivity contribution in [2.75, 3.05) is 5.32 Å². The average molecular weight is 384 g/mol. The summed E-state index contributed by atoms with van der Waals surface area (Å²) in [6.07, 6.45) is 3.36. The lowest BCUT2D eigenvalue weighted by molar-refractivity contribution is 0.102. The van der Waals surface area contributed by atoms with Gasteiger partial charge in [-0.3, -0.25) is 4.79 Å². The highest BCUT2D eigenvalue weighted by Gasteiger charge is 2.13. The Kier molecular flexibility index (Phi) is 5.91. The first-order chi connectivity index (χ1) is 12.5. The molecule has 0 saturated heterocycles. The minimum absolute atomic E-state index is 0.170. The predicted molar refractivity (Wildman–Crippen MR) is 107 cm³/mol. The lowest BCUT2D eigenvalue weighted by Gasteiger charge is -2.10. The standard InChI is InChI=1S/C20H18ClN3OS/c1-13-5-6-16(10-14(13)2)24-19(25)17-4-3-8-23-20(17)26-12-15-7-9-22-18(21)11-15/h3-11H,12H2,1-2H3,(H,24,25). The largest absolute Gasteiger partial charge is 0.322 e. The molecule has 3 rings (SSSR count). The van der Waals surface area contributed by atoms with Crippen molar-refractivity contribution in [1.82, 2.24) is 9.97 Å². The number of rotatable bonds is 5. The molecule has 0 bridgehead atoms. The molecule has 26 heavy (non-hydrogen) atoms. The van der Waals surface area contributed by atoms with Crippen LogP contribution in [0.3, 0.4) is 0 Å². The molecule has 0 fully saturated rings. The molecule has 0 aliphatic carbocycles. The van der Waals surface area contributed by atoms with Gasteiger partial charge in [-0.05, 0) is 66.9 Å². The molecule has 2 aromatic heterocycles. The van der Waals surface area contributed by atoms with Crippen molar-refractivity contribution in [3.05, 3.63) is 82.3 Å². The molecule has 0 unspecified atom stereocenters. The minimum Gasteiger partial charge on any atom is -0.322 e. The van der Waals surface area contributed by atoms with Crippen LogP contribution >= 0.6 is 23.4 Å². The minimum atomic E-state index is -0.170. The molecule has 132 valence electrons. The Labute approximate surface area is 162 Å². The van der Waals surface area contributed by atoms with Gasteiger partial charge in [-0.15, -0.1) is 11.8 Å². The second kappa shape index (κ2) is 8.34. The van der Waals surface area contributed by atoms with Crippen molar-refractivity contribution in [3.8, 4) is 0 Å².